The molecule has 0 aliphatic carbocycles. The Hall–Kier alpha value is -3.26. The summed E-state index contributed by atoms with van der Waals surface area (Å²) in [6.45, 7) is 3.83. The molecule has 5 heteroatoms. The highest BCUT2D eigenvalue weighted by molar-refractivity contribution is 5.93. The molecule has 1 heterocycles. The van der Waals surface area contributed by atoms with Crippen molar-refractivity contribution in [3.63, 3.8) is 0 Å². The predicted octanol–water partition coefficient (Wildman–Crippen LogP) is 3.48. The van der Waals surface area contributed by atoms with Crippen LogP contribution in [0, 0.1) is 25.2 Å². The first-order valence-electron chi connectivity index (χ1n) is 7.48. The molecule has 0 aliphatic rings. The standard InChI is InChI=1S/C19H15N3O2/c1-12-13(2)22-18-9-14(7-8-17(18)21-12)19(23)24-11-16-6-4-3-5-15(16)10-20/h3-9H,11H2,1-2H3. The van der Waals surface area contributed by atoms with Crippen molar-refractivity contribution >= 4 is 17.0 Å². The Kier molecular flexibility index (Phi) is 4.21. The molecule has 24 heavy (non-hydrogen) atoms. The van der Waals surface area contributed by atoms with Crippen LogP contribution in [-0.4, -0.2) is 15.9 Å². The zero-order valence-corrected chi connectivity index (χ0v) is 13.4. The van der Waals surface area contributed by atoms with Gasteiger partial charge < -0.3 is 4.74 Å². The van der Waals surface area contributed by atoms with E-state index in [-0.39, 0.29) is 6.61 Å². The van der Waals surface area contributed by atoms with Gasteiger partial charge in [-0.3, -0.25) is 0 Å². The summed E-state index contributed by atoms with van der Waals surface area (Å²) in [6, 6.07) is 14.2. The monoisotopic (exact) mass is 317 g/mol. The molecule has 0 atom stereocenters. The van der Waals surface area contributed by atoms with E-state index in [2.05, 4.69) is 16.0 Å². The van der Waals surface area contributed by atoms with Crippen LogP contribution in [0.1, 0.15) is 32.9 Å². The van der Waals surface area contributed by atoms with Crippen molar-refractivity contribution in [2.24, 2.45) is 0 Å². The van der Waals surface area contributed by atoms with E-state index in [0.29, 0.717) is 22.2 Å². The molecule has 0 aliphatic heterocycles. The first kappa shape index (κ1) is 15.6. The number of carbonyl (C=O) groups is 1. The Bertz CT molecular complexity index is 974. The molecular weight excluding hydrogens is 302 g/mol. The lowest BCUT2D eigenvalue weighted by molar-refractivity contribution is 0.0472. The zero-order valence-electron chi connectivity index (χ0n) is 13.4. The molecule has 5 nitrogen and oxygen atoms in total. The largest absolute Gasteiger partial charge is 0.457 e. The van der Waals surface area contributed by atoms with Crippen LogP contribution in [0.4, 0.5) is 0 Å². The van der Waals surface area contributed by atoms with Gasteiger partial charge >= 0.3 is 5.97 Å². The number of carbonyl (C=O) groups excluding carboxylic acids is 1. The number of fused-ring (bicyclic) bond motifs is 1. The molecule has 118 valence electrons. The minimum atomic E-state index is -0.454. The third-order valence-corrected chi connectivity index (χ3v) is 3.81. The molecule has 2 aromatic carbocycles. The van der Waals surface area contributed by atoms with Crippen molar-refractivity contribution in [1.29, 1.82) is 5.26 Å². The van der Waals surface area contributed by atoms with Crippen LogP contribution in [0.3, 0.4) is 0 Å². The first-order valence-corrected chi connectivity index (χ1v) is 7.48. The minimum Gasteiger partial charge on any atom is -0.457 e. The molecule has 3 rings (SSSR count). The summed E-state index contributed by atoms with van der Waals surface area (Å²) in [5, 5.41) is 9.06. The van der Waals surface area contributed by atoms with Crippen molar-refractivity contribution < 1.29 is 9.53 Å². The Labute approximate surface area is 139 Å². The summed E-state index contributed by atoms with van der Waals surface area (Å²) in [4.78, 5) is 21.2. The fraction of sp³-hybridized carbons (Fsp3) is 0.158. The molecule has 0 saturated carbocycles. The van der Waals surface area contributed by atoms with E-state index in [1.54, 1.807) is 42.5 Å². The topological polar surface area (TPSA) is 75.9 Å². The molecule has 0 amide bonds. The number of hydrogen-bond acceptors (Lipinski definition) is 5. The number of nitriles is 1. The molecule has 1 aromatic heterocycles. The van der Waals surface area contributed by atoms with Gasteiger partial charge in [-0.05, 0) is 38.1 Å². The van der Waals surface area contributed by atoms with E-state index < -0.39 is 5.97 Å². The van der Waals surface area contributed by atoms with Crippen LogP contribution >= 0.6 is 0 Å². The number of benzene rings is 2. The Morgan fingerprint density at radius 2 is 1.79 bits per heavy atom. The van der Waals surface area contributed by atoms with Crippen molar-refractivity contribution in [3.05, 3.63) is 70.5 Å². The van der Waals surface area contributed by atoms with Crippen LogP contribution in [0.2, 0.25) is 0 Å². The molecule has 0 spiro atoms. The van der Waals surface area contributed by atoms with Gasteiger partial charge in [0.15, 0.2) is 0 Å². The van der Waals surface area contributed by atoms with Crippen molar-refractivity contribution in [1.82, 2.24) is 9.97 Å². The van der Waals surface area contributed by atoms with Crippen molar-refractivity contribution in [2.75, 3.05) is 0 Å². The molecule has 0 bridgehead atoms. The van der Waals surface area contributed by atoms with Gasteiger partial charge in [-0.1, -0.05) is 18.2 Å². The maximum atomic E-state index is 12.3. The number of nitrogens with zero attached hydrogens (tertiary/aromatic N) is 3. The second-order valence-electron chi connectivity index (χ2n) is 5.44. The quantitative estimate of drug-likeness (QED) is 0.691. The van der Waals surface area contributed by atoms with Gasteiger partial charge in [0.1, 0.15) is 6.61 Å². The third-order valence-electron chi connectivity index (χ3n) is 3.81. The van der Waals surface area contributed by atoms with E-state index in [9.17, 15) is 4.79 Å². The lowest BCUT2D eigenvalue weighted by Gasteiger charge is -2.07. The number of rotatable bonds is 3. The summed E-state index contributed by atoms with van der Waals surface area (Å²) >= 11 is 0. The molecule has 0 fully saturated rings. The first-order chi connectivity index (χ1) is 11.6. The van der Waals surface area contributed by atoms with Crippen molar-refractivity contribution in [3.8, 4) is 6.07 Å². The van der Waals surface area contributed by atoms with E-state index in [0.717, 1.165) is 16.9 Å². The molecule has 0 radical (unpaired) electrons. The maximum Gasteiger partial charge on any atom is 0.338 e. The van der Waals surface area contributed by atoms with Gasteiger partial charge in [-0.2, -0.15) is 5.26 Å². The molecule has 0 N–H and O–H groups in total. The highest BCUT2D eigenvalue weighted by Gasteiger charge is 2.11. The fourth-order valence-corrected chi connectivity index (χ4v) is 2.34. The number of aromatic nitrogens is 2. The molecular formula is C19H15N3O2. The SMILES string of the molecule is Cc1nc2ccc(C(=O)OCc3ccccc3C#N)cc2nc1C. The predicted molar refractivity (Wildman–Crippen MR) is 89.3 cm³/mol. The van der Waals surface area contributed by atoms with E-state index >= 15 is 0 Å². The minimum absolute atomic E-state index is 0.0548. The lowest BCUT2D eigenvalue weighted by atomic mass is 10.1. The van der Waals surface area contributed by atoms with Gasteiger partial charge in [0, 0.05) is 5.56 Å². The average Bonchev–Trinajstić information content (AvgIpc) is 2.60. The number of esters is 1. The molecule has 0 saturated heterocycles. The van der Waals surface area contributed by atoms with E-state index in [1.165, 1.54) is 0 Å². The summed E-state index contributed by atoms with van der Waals surface area (Å²) in [6.07, 6.45) is 0. The second kappa shape index (κ2) is 6.47. The number of aryl methyl sites for hydroxylation is 2. The van der Waals surface area contributed by atoms with Crippen LogP contribution < -0.4 is 0 Å². The van der Waals surface area contributed by atoms with Crippen LogP contribution in [0.25, 0.3) is 11.0 Å². The van der Waals surface area contributed by atoms with E-state index in [4.69, 9.17) is 10.00 Å². The van der Waals surface area contributed by atoms with Gasteiger partial charge in [0.2, 0.25) is 0 Å². The summed E-state index contributed by atoms with van der Waals surface area (Å²) in [7, 11) is 0. The van der Waals surface area contributed by atoms with Crippen molar-refractivity contribution in [2.45, 2.75) is 20.5 Å². The van der Waals surface area contributed by atoms with Gasteiger partial charge in [0.05, 0.1) is 39.6 Å². The van der Waals surface area contributed by atoms with Gasteiger partial charge in [0.25, 0.3) is 0 Å². The van der Waals surface area contributed by atoms with Gasteiger partial charge in [-0.25, -0.2) is 14.8 Å². The van der Waals surface area contributed by atoms with Crippen LogP contribution in [0.15, 0.2) is 42.5 Å². The average molecular weight is 317 g/mol. The number of ether oxygens (including phenoxy) is 1. The second-order valence-corrected chi connectivity index (χ2v) is 5.44. The van der Waals surface area contributed by atoms with Crippen LogP contribution in [0.5, 0.6) is 0 Å². The fourth-order valence-electron chi connectivity index (χ4n) is 2.34. The molecule has 3 aromatic rings. The maximum absolute atomic E-state index is 12.3. The summed E-state index contributed by atoms with van der Waals surface area (Å²) < 4.78 is 5.32. The Morgan fingerprint density at radius 3 is 2.54 bits per heavy atom. The summed E-state index contributed by atoms with van der Waals surface area (Å²) in [5.74, 6) is -0.454. The highest BCUT2D eigenvalue weighted by Crippen LogP contribution is 2.16. The van der Waals surface area contributed by atoms with Gasteiger partial charge in [-0.15, -0.1) is 0 Å². The zero-order chi connectivity index (χ0) is 17.1. The summed E-state index contributed by atoms with van der Waals surface area (Å²) in [5.41, 5.74) is 4.69. The number of hydrogen-bond donors (Lipinski definition) is 0. The normalized spacial score (nSPS) is 10.4. The lowest BCUT2D eigenvalue weighted by Crippen LogP contribution is -2.06. The smallest absolute Gasteiger partial charge is 0.338 e. The molecule has 0 unspecified atom stereocenters. The van der Waals surface area contributed by atoms with E-state index in [1.807, 2.05) is 13.8 Å². The third kappa shape index (κ3) is 3.08. The Morgan fingerprint density at radius 1 is 1.08 bits per heavy atom. The Balaban J connectivity index is 1.81. The highest BCUT2D eigenvalue weighted by atomic mass is 16.5. The van der Waals surface area contributed by atoms with Crippen LogP contribution in [-0.2, 0) is 11.3 Å².